The Balaban J connectivity index is 0. The monoisotopic (exact) mass is 253 g/mol. The molecule has 0 amide bonds. The molecular weight excluding hydrogens is 252 g/mol. The Labute approximate surface area is 66.3 Å². The first-order valence-corrected chi connectivity index (χ1v) is 3.10. The van der Waals surface area contributed by atoms with E-state index < -0.39 is 22.7 Å². The Morgan fingerprint density at radius 3 is 1.38 bits per heavy atom. The predicted molar refractivity (Wildman–Crippen MR) is 22.6 cm³/mol. The van der Waals surface area contributed by atoms with Crippen LogP contribution in [0.5, 0.6) is 0 Å². The summed E-state index contributed by atoms with van der Waals surface area (Å²) >= 11 is -5.29. The molecular formula is H2AgO5S2. The molecule has 0 aliphatic rings. The molecule has 0 saturated carbocycles. The second-order valence-corrected chi connectivity index (χ2v) is 1.92. The predicted octanol–water partition coefficient (Wildman–Crippen LogP) is -0.726. The van der Waals surface area contributed by atoms with Crippen molar-refractivity contribution in [2.24, 2.45) is 0 Å². The molecule has 0 rings (SSSR count). The van der Waals surface area contributed by atoms with Gasteiger partial charge < -0.3 is 0 Å². The van der Waals surface area contributed by atoms with Crippen LogP contribution in [0.2, 0.25) is 0 Å². The van der Waals surface area contributed by atoms with Crippen LogP contribution in [0.25, 0.3) is 0 Å². The molecule has 8 heavy (non-hydrogen) atoms. The van der Waals surface area contributed by atoms with Crippen molar-refractivity contribution in [3.63, 3.8) is 0 Å². The van der Waals surface area contributed by atoms with Crippen LogP contribution in [0.1, 0.15) is 0 Å². The van der Waals surface area contributed by atoms with Gasteiger partial charge in [-0.25, -0.2) is 0 Å². The maximum atomic E-state index is 9.35. The zero-order chi connectivity index (χ0) is 5.86. The van der Waals surface area contributed by atoms with Gasteiger partial charge in [0.15, 0.2) is 0 Å². The summed E-state index contributed by atoms with van der Waals surface area (Å²) in [6.07, 6.45) is 0. The molecule has 0 aliphatic heterocycles. The topological polar surface area (TPSA) is 83.8 Å². The van der Waals surface area contributed by atoms with Crippen molar-refractivity contribution in [2.75, 3.05) is 0 Å². The van der Waals surface area contributed by atoms with E-state index in [1.807, 2.05) is 0 Å². The Kier molecular flexibility index (Phi) is 8.83. The van der Waals surface area contributed by atoms with Crippen LogP contribution in [0.3, 0.4) is 0 Å². The van der Waals surface area contributed by atoms with Crippen LogP contribution in [-0.2, 0) is 48.7 Å². The quantitative estimate of drug-likeness (QED) is 0.501. The van der Waals surface area contributed by atoms with E-state index in [4.69, 9.17) is 9.11 Å². The van der Waals surface area contributed by atoms with Crippen molar-refractivity contribution in [3.8, 4) is 0 Å². The molecule has 0 aromatic rings. The van der Waals surface area contributed by atoms with Gasteiger partial charge >= 0.3 is 22.7 Å². The van der Waals surface area contributed by atoms with Crippen LogP contribution < -0.4 is 0 Å². The molecule has 1 radical (unpaired) electrons. The van der Waals surface area contributed by atoms with E-state index in [0.29, 0.717) is 0 Å². The SMILES string of the molecule is O=S(O)OS(=O)O.[Ag]. The fourth-order valence-electron chi connectivity index (χ4n) is 0.0498. The minimum Gasteiger partial charge on any atom is -0.283 e. The number of hydrogen-bond donors (Lipinski definition) is 2. The molecule has 0 saturated heterocycles. The molecule has 0 spiro atoms. The first-order valence-electron chi connectivity index (χ1n) is 1.03. The molecule has 0 unspecified atom stereocenters. The second-order valence-electron chi connectivity index (χ2n) is 0.502. The van der Waals surface area contributed by atoms with E-state index in [-0.39, 0.29) is 22.4 Å². The third kappa shape index (κ3) is 10.0. The second kappa shape index (κ2) is 6.05. The van der Waals surface area contributed by atoms with Gasteiger partial charge in [-0.05, 0) is 0 Å². The van der Waals surface area contributed by atoms with E-state index in [1.165, 1.54) is 0 Å². The molecule has 0 fully saturated rings. The molecule has 2 N–H and O–H groups in total. The minimum atomic E-state index is -2.65. The van der Waals surface area contributed by atoms with Crippen LogP contribution in [0.15, 0.2) is 0 Å². The van der Waals surface area contributed by atoms with Crippen LogP contribution in [-0.4, -0.2) is 17.5 Å². The Hall–Kier alpha value is 0.920. The van der Waals surface area contributed by atoms with E-state index in [2.05, 4.69) is 3.63 Å². The first kappa shape index (κ1) is 11.7. The van der Waals surface area contributed by atoms with Crippen LogP contribution >= 0.6 is 0 Å². The molecule has 0 aliphatic carbocycles. The van der Waals surface area contributed by atoms with Gasteiger partial charge in [-0.1, -0.05) is 0 Å². The third-order valence-electron chi connectivity index (χ3n) is 0.116. The summed E-state index contributed by atoms with van der Waals surface area (Å²) in [6, 6.07) is 0. The molecule has 5 nitrogen and oxygen atoms in total. The summed E-state index contributed by atoms with van der Waals surface area (Å²) in [4.78, 5) is 0. The smallest absolute Gasteiger partial charge is 0.283 e. The number of hydrogen-bond acceptors (Lipinski definition) is 3. The number of rotatable bonds is 2. The van der Waals surface area contributed by atoms with E-state index in [1.54, 1.807) is 0 Å². The molecule has 55 valence electrons. The van der Waals surface area contributed by atoms with Gasteiger partial charge in [0.2, 0.25) is 0 Å². The largest absolute Gasteiger partial charge is 0.317 e. The van der Waals surface area contributed by atoms with Gasteiger partial charge in [-0.15, -0.1) is 3.63 Å². The normalized spacial score (nSPS) is 16.2. The van der Waals surface area contributed by atoms with Crippen molar-refractivity contribution < 1.29 is 43.5 Å². The molecule has 0 aromatic heterocycles. The fourth-order valence-corrected chi connectivity index (χ4v) is 0.448. The average Bonchev–Trinajstić information content (AvgIpc) is 1.27. The zero-order valence-corrected chi connectivity index (χ0v) is 6.35. The van der Waals surface area contributed by atoms with Crippen molar-refractivity contribution in [3.05, 3.63) is 0 Å². The van der Waals surface area contributed by atoms with Gasteiger partial charge in [0.05, 0.1) is 0 Å². The van der Waals surface area contributed by atoms with Crippen molar-refractivity contribution in [1.82, 2.24) is 0 Å². The molecule has 0 aromatic carbocycles. The molecule has 8 heteroatoms. The van der Waals surface area contributed by atoms with Gasteiger partial charge in [0.1, 0.15) is 0 Å². The molecule has 0 bridgehead atoms. The van der Waals surface area contributed by atoms with Gasteiger partial charge in [-0.3, -0.25) is 9.11 Å². The van der Waals surface area contributed by atoms with Crippen LogP contribution in [0, 0.1) is 0 Å². The summed E-state index contributed by atoms with van der Waals surface area (Å²) in [5, 5.41) is 0. The van der Waals surface area contributed by atoms with Gasteiger partial charge in [-0.2, -0.15) is 8.42 Å². The maximum absolute atomic E-state index is 9.35. The first-order chi connectivity index (χ1) is 3.13. The van der Waals surface area contributed by atoms with E-state index >= 15 is 0 Å². The van der Waals surface area contributed by atoms with Crippen molar-refractivity contribution in [1.29, 1.82) is 0 Å². The summed E-state index contributed by atoms with van der Waals surface area (Å²) in [5.41, 5.74) is 0. The fraction of sp³-hybridized carbons (Fsp3) is 0. The third-order valence-corrected chi connectivity index (χ3v) is 1.05. The summed E-state index contributed by atoms with van der Waals surface area (Å²) < 4.78 is 37.2. The van der Waals surface area contributed by atoms with Gasteiger partial charge in [0, 0.05) is 22.4 Å². The summed E-state index contributed by atoms with van der Waals surface area (Å²) in [7, 11) is 0. The summed E-state index contributed by atoms with van der Waals surface area (Å²) in [6.45, 7) is 0. The van der Waals surface area contributed by atoms with E-state index in [0.717, 1.165) is 0 Å². The standard InChI is InChI=1S/Ag.H2O5S2/c;1-6(2)5-7(3)4/h;(H,1,2)(H,3,4). The van der Waals surface area contributed by atoms with Gasteiger partial charge in [0.25, 0.3) is 0 Å². The maximum Gasteiger partial charge on any atom is 0.317 e. The van der Waals surface area contributed by atoms with E-state index in [9.17, 15) is 8.42 Å². The van der Waals surface area contributed by atoms with Crippen molar-refractivity contribution in [2.45, 2.75) is 0 Å². The Morgan fingerprint density at radius 2 is 1.38 bits per heavy atom. The Bertz CT molecular complexity index is 86.6. The van der Waals surface area contributed by atoms with Crippen molar-refractivity contribution >= 4 is 22.7 Å². The zero-order valence-electron chi connectivity index (χ0n) is 3.24. The summed E-state index contributed by atoms with van der Waals surface area (Å²) in [5.74, 6) is 0. The molecule has 0 heterocycles. The Morgan fingerprint density at radius 1 is 1.12 bits per heavy atom. The molecule has 0 atom stereocenters. The minimum absolute atomic E-state index is 0. The average molecular weight is 254 g/mol. The van der Waals surface area contributed by atoms with Crippen LogP contribution in [0.4, 0.5) is 0 Å².